The van der Waals surface area contributed by atoms with Crippen molar-refractivity contribution in [2.75, 3.05) is 5.33 Å². The Bertz CT molecular complexity index is 118. The fraction of sp³-hybridized carbons (Fsp3) is 0.333. The highest BCUT2D eigenvalue weighted by Gasteiger charge is 1.87. The molecule has 0 unspecified atom stereocenters. The lowest BCUT2D eigenvalue weighted by atomic mass is 10.8. The van der Waals surface area contributed by atoms with Crippen LogP contribution in [0, 0.1) is 0 Å². The number of amides is 1. The maximum atomic E-state index is 10.1. The molecule has 0 aliphatic rings. The number of alkyl halides is 1. The van der Waals surface area contributed by atoms with E-state index in [1.807, 2.05) is 5.16 Å². The van der Waals surface area contributed by atoms with Crippen LogP contribution in [0.25, 0.3) is 0 Å². The van der Waals surface area contributed by atoms with E-state index in [1.165, 1.54) is 0 Å². The normalized spacial score (nSPS) is 7.00. The number of carbonyl (C=O) groups is 1. The zero-order valence-corrected chi connectivity index (χ0v) is 5.75. The van der Waals surface area contributed by atoms with E-state index >= 15 is 0 Å². The van der Waals surface area contributed by atoms with E-state index < -0.39 is 0 Å². The molecular weight excluding hydrogens is 178 g/mol. The van der Waals surface area contributed by atoms with E-state index in [1.54, 1.807) is 0 Å². The van der Waals surface area contributed by atoms with Gasteiger partial charge in [-0.05, 0) is 12.2 Å². The first kappa shape index (κ1) is 6.95. The molecule has 1 amide bonds. The first-order valence-corrected chi connectivity index (χ1v) is 3.01. The minimum atomic E-state index is -0.296. The summed E-state index contributed by atoms with van der Waals surface area (Å²) in [7, 11) is 0. The van der Waals surface area contributed by atoms with Crippen molar-refractivity contribution in [3.63, 3.8) is 0 Å². The van der Waals surface area contributed by atoms with Crippen molar-refractivity contribution in [1.82, 2.24) is 0 Å². The first-order chi connectivity index (χ1) is 3.31. The van der Waals surface area contributed by atoms with Gasteiger partial charge >= 0.3 is 0 Å². The second-order valence-corrected chi connectivity index (χ2v) is 1.47. The number of isothiocyanates is 1. The van der Waals surface area contributed by atoms with Gasteiger partial charge in [0.25, 0.3) is 5.91 Å². The average Bonchev–Trinajstić information content (AvgIpc) is 1.68. The predicted molar refractivity (Wildman–Crippen MR) is 33.8 cm³/mol. The van der Waals surface area contributed by atoms with Gasteiger partial charge in [-0.3, -0.25) is 4.79 Å². The number of hydrogen-bond acceptors (Lipinski definition) is 2. The van der Waals surface area contributed by atoms with Gasteiger partial charge < -0.3 is 0 Å². The van der Waals surface area contributed by atoms with Gasteiger partial charge in [0.15, 0.2) is 0 Å². The van der Waals surface area contributed by atoms with Crippen molar-refractivity contribution in [1.29, 1.82) is 0 Å². The Kier molecular flexibility index (Phi) is 4.09. The maximum absolute atomic E-state index is 10.1. The topological polar surface area (TPSA) is 29.4 Å². The Balaban J connectivity index is 3.58. The largest absolute Gasteiger partial charge is 0.271 e. The quantitative estimate of drug-likeness (QED) is 0.342. The molecular formula is C3H2BrNOS. The van der Waals surface area contributed by atoms with Crippen molar-refractivity contribution in [2.45, 2.75) is 0 Å². The maximum Gasteiger partial charge on any atom is 0.265 e. The molecule has 0 bridgehead atoms. The Morgan fingerprint density at radius 3 is 2.71 bits per heavy atom. The van der Waals surface area contributed by atoms with Crippen molar-refractivity contribution in [3.8, 4) is 0 Å². The fourth-order valence-corrected chi connectivity index (χ4v) is 0.308. The highest BCUT2D eigenvalue weighted by Crippen LogP contribution is 1.80. The molecule has 2 nitrogen and oxygen atoms in total. The molecule has 0 aromatic rings. The molecule has 4 heteroatoms. The molecule has 0 radical (unpaired) electrons. The van der Waals surface area contributed by atoms with Crippen LogP contribution in [0.4, 0.5) is 0 Å². The molecule has 0 atom stereocenters. The van der Waals surface area contributed by atoms with Crippen LogP contribution in [-0.2, 0) is 4.79 Å². The predicted octanol–water partition coefficient (Wildman–Crippen LogP) is 1.01. The molecule has 0 saturated heterocycles. The number of aliphatic imine (C=N–C) groups is 1. The molecule has 0 rings (SSSR count). The van der Waals surface area contributed by atoms with Gasteiger partial charge in [-0.1, -0.05) is 15.9 Å². The number of halogens is 1. The van der Waals surface area contributed by atoms with Crippen LogP contribution in [0.1, 0.15) is 0 Å². The van der Waals surface area contributed by atoms with Crippen molar-refractivity contribution >= 4 is 39.2 Å². The minimum absolute atomic E-state index is 0.219. The second kappa shape index (κ2) is 4.12. The summed E-state index contributed by atoms with van der Waals surface area (Å²) < 4.78 is 0. The second-order valence-electron chi connectivity index (χ2n) is 0.730. The Labute approximate surface area is 54.8 Å². The summed E-state index contributed by atoms with van der Waals surface area (Å²) in [5, 5.41) is 2.17. The summed E-state index contributed by atoms with van der Waals surface area (Å²) in [5.41, 5.74) is 0. The van der Waals surface area contributed by atoms with Gasteiger partial charge in [0.1, 0.15) is 0 Å². The summed E-state index contributed by atoms with van der Waals surface area (Å²) >= 11 is 7.02. The van der Waals surface area contributed by atoms with Crippen LogP contribution in [-0.4, -0.2) is 16.4 Å². The van der Waals surface area contributed by atoms with Gasteiger partial charge in [0, 0.05) is 0 Å². The van der Waals surface area contributed by atoms with Gasteiger partial charge in [-0.25, -0.2) is 0 Å². The summed E-state index contributed by atoms with van der Waals surface area (Å²) in [6, 6.07) is 0. The number of hydrogen-bond donors (Lipinski definition) is 0. The third-order valence-electron chi connectivity index (χ3n) is 0.285. The van der Waals surface area contributed by atoms with E-state index in [9.17, 15) is 4.79 Å². The fourth-order valence-electron chi connectivity index (χ4n) is 0.0808. The van der Waals surface area contributed by atoms with Gasteiger partial charge in [-0.2, -0.15) is 4.99 Å². The molecule has 7 heavy (non-hydrogen) atoms. The number of thiocarbonyl (C=S) groups is 1. The molecule has 0 heterocycles. The SMILES string of the molecule is O=C(CBr)N=C=S. The molecule has 0 saturated carbocycles. The third kappa shape index (κ3) is 3.79. The Hall–Kier alpha value is -0.0500. The summed E-state index contributed by atoms with van der Waals surface area (Å²) in [5.74, 6) is -0.296. The van der Waals surface area contributed by atoms with E-state index in [-0.39, 0.29) is 11.2 Å². The van der Waals surface area contributed by atoms with Crippen molar-refractivity contribution in [3.05, 3.63) is 0 Å². The Morgan fingerprint density at radius 1 is 2.00 bits per heavy atom. The molecule has 0 aromatic carbocycles. The molecule has 0 N–H and O–H groups in total. The molecule has 0 spiro atoms. The number of nitrogens with zero attached hydrogens (tertiary/aromatic N) is 1. The zero-order valence-electron chi connectivity index (χ0n) is 3.35. The zero-order chi connectivity index (χ0) is 5.70. The molecule has 0 aliphatic heterocycles. The highest BCUT2D eigenvalue weighted by molar-refractivity contribution is 9.09. The lowest BCUT2D eigenvalue weighted by Gasteiger charge is -1.72. The van der Waals surface area contributed by atoms with Crippen molar-refractivity contribution in [2.24, 2.45) is 4.99 Å². The Morgan fingerprint density at radius 2 is 2.57 bits per heavy atom. The monoisotopic (exact) mass is 179 g/mol. The summed E-state index contributed by atoms with van der Waals surface area (Å²) in [6.45, 7) is 0. The first-order valence-electron chi connectivity index (χ1n) is 1.48. The van der Waals surface area contributed by atoms with Gasteiger partial charge in [0.05, 0.1) is 10.5 Å². The van der Waals surface area contributed by atoms with Crippen LogP contribution in [0.2, 0.25) is 0 Å². The minimum Gasteiger partial charge on any atom is -0.271 e. The van der Waals surface area contributed by atoms with E-state index in [2.05, 4.69) is 33.1 Å². The highest BCUT2D eigenvalue weighted by atomic mass is 79.9. The van der Waals surface area contributed by atoms with E-state index in [4.69, 9.17) is 0 Å². The standard InChI is InChI=1S/C3H2BrNOS/c4-1-3(6)5-2-7/h1H2. The third-order valence-corrected chi connectivity index (χ3v) is 0.856. The summed E-state index contributed by atoms with van der Waals surface area (Å²) in [6.07, 6.45) is 0. The van der Waals surface area contributed by atoms with Crippen molar-refractivity contribution < 1.29 is 4.79 Å². The molecule has 0 aromatic heterocycles. The number of carbonyl (C=O) groups excluding carboxylic acids is 1. The van der Waals surface area contributed by atoms with Crippen LogP contribution < -0.4 is 0 Å². The van der Waals surface area contributed by atoms with Crippen LogP contribution in [0.3, 0.4) is 0 Å². The lowest BCUT2D eigenvalue weighted by molar-refractivity contribution is -0.115. The van der Waals surface area contributed by atoms with Gasteiger partial charge in [0.2, 0.25) is 0 Å². The molecule has 38 valence electrons. The number of rotatable bonds is 1. The molecule has 0 fully saturated rings. The smallest absolute Gasteiger partial charge is 0.265 e. The van der Waals surface area contributed by atoms with E-state index in [0.717, 1.165) is 0 Å². The summed E-state index contributed by atoms with van der Waals surface area (Å²) in [4.78, 5) is 13.2. The lowest BCUT2D eigenvalue weighted by Crippen LogP contribution is -1.90. The van der Waals surface area contributed by atoms with Gasteiger partial charge in [-0.15, -0.1) is 0 Å². The van der Waals surface area contributed by atoms with Crippen LogP contribution >= 0.6 is 28.1 Å². The van der Waals surface area contributed by atoms with Crippen LogP contribution in [0.5, 0.6) is 0 Å². The average molecular weight is 180 g/mol. The molecule has 0 aliphatic carbocycles. The van der Waals surface area contributed by atoms with Crippen LogP contribution in [0.15, 0.2) is 4.99 Å². The van der Waals surface area contributed by atoms with E-state index in [0.29, 0.717) is 0 Å².